The number of carbonyl (C=O) groups excluding carboxylic acids is 6. The molecule has 3 N–H and O–H groups in total. The summed E-state index contributed by atoms with van der Waals surface area (Å²) in [5.41, 5.74) is -6.39. The van der Waals surface area contributed by atoms with Crippen LogP contribution < -0.4 is 10.1 Å². The molecule has 62 heavy (non-hydrogen) atoms. The number of allylic oxidation sites excluding steroid dienone is 1. The number of ether oxygens (including phenoxy) is 7. The Balaban J connectivity index is 1.45. The molecule has 1 aromatic carbocycles. The van der Waals surface area contributed by atoms with Crippen molar-refractivity contribution in [1.29, 1.82) is 0 Å². The van der Waals surface area contributed by atoms with Gasteiger partial charge in [-0.2, -0.15) is 0 Å². The van der Waals surface area contributed by atoms with Crippen LogP contribution in [0.15, 0.2) is 53.1 Å². The number of Topliss-reactive ketones (excluding diaryl/α,β-unsaturated/α-hetero) is 1. The third-order valence-electron chi connectivity index (χ3n) is 13.9. The number of aliphatic hydroxyl groups excluding tert-OH is 2. The zero-order valence-electron chi connectivity index (χ0n) is 36.6. The summed E-state index contributed by atoms with van der Waals surface area (Å²) in [6, 6.07) is 7.22. The highest BCUT2D eigenvalue weighted by Gasteiger charge is 2.83. The molecular weight excluding hydrogens is 806 g/mol. The van der Waals surface area contributed by atoms with Crippen LogP contribution in [0.2, 0.25) is 0 Å². The van der Waals surface area contributed by atoms with E-state index in [1.807, 2.05) is 6.92 Å². The number of amides is 1. The molecule has 2 heterocycles. The lowest BCUT2D eigenvalue weighted by molar-refractivity contribution is -0.343. The van der Waals surface area contributed by atoms with E-state index in [1.165, 1.54) is 19.9 Å². The Bertz CT molecular complexity index is 2040. The number of aliphatic hydroxyl groups is 2. The highest BCUT2D eigenvalue weighted by molar-refractivity contribution is 5.96. The molecule has 2 aliphatic heterocycles. The summed E-state index contributed by atoms with van der Waals surface area (Å²) in [6.07, 6.45) is -7.24. The Morgan fingerprint density at radius 2 is 1.71 bits per heavy atom. The molecular formula is C46H59NO15. The molecule has 5 fully saturated rings. The third-order valence-corrected chi connectivity index (χ3v) is 13.9. The molecule has 0 radical (unpaired) electrons. The second-order valence-electron chi connectivity index (χ2n) is 18.7. The normalized spacial score (nSPS) is 35.0. The Kier molecular flexibility index (Phi) is 12.2. The topological polar surface area (TPSA) is 220 Å². The Morgan fingerprint density at radius 1 is 1.02 bits per heavy atom. The predicted molar refractivity (Wildman–Crippen MR) is 217 cm³/mol. The highest BCUT2D eigenvalue weighted by Crippen LogP contribution is 2.66. The van der Waals surface area contributed by atoms with Gasteiger partial charge in [-0.05, 0) is 70.2 Å². The number of hydrogen-bond donors (Lipinski definition) is 3. The fourth-order valence-electron chi connectivity index (χ4n) is 10.7. The molecule has 12 atom stereocenters. The first-order valence-electron chi connectivity index (χ1n) is 21.6. The summed E-state index contributed by atoms with van der Waals surface area (Å²) in [5.74, 6) is -5.39. The van der Waals surface area contributed by atoms with E-state index >= 15 is 4.79 Å². The van der Waals surface area contributed by atoms with E-state index in [0.717, 1.165) is 12.8 Å². The fourth-order valence-corrected chi connectivity index (χ4v) is 10.7. The molecule has 16 heteroatoms. The highest BCUT2D eigenvalue weighted by atomic mass is 16.8. The second kappa shape index (κ2) is 16.7. The molecule has 7 rings (SSSR count). The smallest absolute Gasteiger partial charge is 0.486 e. The maximum Gasteiger partial charge on any atom is 0.509 e. The number of hydrogen-bond acceptors (Lipinski definition) is 15. The van der Waals surface area contributed by atoms with Gasteiger partial charge in [0.2, 0.25) is 11.5 Å². The Labute approximate surface area is 361 Å². The van der Waals surface area contributed by atoms with E-state index in [9.17, 15) is 34.2 Å². The predicted octanol–water partition coefficient (Wildman–Crippen LogP) is 4.36. The van der Waals surface area contributed by atoms with Crippen LogP contribution in [-0.4, -0.2) is 113 Å². The number of benzene rings is 1. The lowest BCUT2D eigenvalue weighted by Gasteiger charge is -2.67. The molecule has 2 saturated heterocycles. The first kappa shape index (κ1) is 45.2. The molecule has 6 aliphatic rings. The van der Waals surface area contributed by atoms with Gasteiger partial charge in [0.25, 0.3) is 0 Å². The van der Waals surface area contributed by atoms with Gasteiger partial charge in [-0.1, -0.05) is 63.5 Å². The van der Waals surface area contributed by atoms with Gasteiger partial charge in [0, 0.05) is 25.2 Å². The fraction of sp³-hybridized carbons (Fsp3) is 0.652. The maximum absolute atomic E-state index is 15.8. The van der Waals surface area contributed by atoms with Crippen molar-refractivity contribution in [3.63, 3.8) is 0 Å². The van der Waals surface area contributed by atoms with Crippen LogP contribution >= 0.6 is 0 Å². The molecule has 0 aromatic heterocycles. The van der Waals surface area contributed by atoms with E-state index in [1.54, 1.807) is 65.0 Å². The quantitative estimate of drug-likeness (QED) is 0.102. The van der Waals surface area contributed by atoms with Crippen molar-refractivity contribution in [3.05, 3.63) is 53.1 Å². The van der Waals surface area contributed by atoms with Crippen LogP contribution in [0.25, 0.3) is 0 Å². The average Bonchev–Trinajstić information content (AvgIpc) is 4.00. The molecule has 2 bridgehead atoms. The summed E-state index contributed by atoms with van der Waals surface area (Å²) < 4.78 is 44.2. The van der Waals surface area contributed by atoms with Gasteiger partial charge in [-0.25, -0.2) is 9.59 Å². The minimum atomic E-state index is -2.13. The molecule has 3 saturated carbocycles. The number of ketones is 1. The zero-order valence-corrected chi connectivity index (χ0v) is 36.6. The third kappa shape index (κ3) is 7.38. The largest absolute Gasteiger partial charge is 0.509 e. The van der Waals surface area contributed by atoms with Crippen molar-refractivity contribution in [2.75, 3.05) is 6.61 Å². The van der Waals surface area contributed by atoms with Crippen molar-refractivity contribution in [1.82, 2.24) is 5.32 Å². The van der Waals surface area contributed by atoms with Crippen LogP contribution in [0.5, 0.6) is 5.75 Å². The number of para-hydroxylation sites is 1. The number of fused-ring (bicyclic) bond motifs is 4. The zero-order chi connectivity index (χ0) is 45.1. The van der Waals surface area contributed by atoms with E-state index in [2.05, 4.69) is 5.32 Å². The number of esters is 3. The second-order valence-corrected chi connectivity index (χ2v) is 18.7. The Morgan fingerprint density at radius 3 is 2.31 bits per heavy atom. The molecule has 338 valence electrons. The molecule has 16 nitrogen and oxygen atoms in total. The van der Waals surface area contributed by atoms with Crippen molar-refractivity contribution in [2.24, 2.45) is 22.7 Å². The monoisotopic (exact) mass is 865 g/mol. The minimum Gasteiger partial charge on any atom is -0.486 e. The van der Waals surface area contributed by atoms with E-state index < -0.39 is 112 Å². The molecule has 2 unspecified atom stereocenters. The lowest BCUT2D eigenvalue weighted by Crippen LogP contribution is -2.83. The summed E-state index contributed by atoms with van der Waals surface area (Å²) in [6.45, 7) is 12.8. The van der Waals surface area contributed by atoms with Crippen LogP contribution in [0.1, 0.15) is 100 Å². The summed E-state index contributed by atoms with van der Waals surface area (Å²) in [4.78, 5) is 84.1. The first-order chi connectivity index (χ1) is 29.2. The van der Waals surface area contributed by atoms with Gasteiger partial charge in [-0.3, -0.25) is 19.2 Å². The number of carbonyl (C=O) groups is 6. The maximum atomic E-state index is 15.8. The SMILES string of the molecule is CCCCCC(=O)N[C@@H](C=C(C)C)[C@@H](O)C(=O)O[C@@H]1C(C)=C2[C@@H](OC(=O)C3CC3)C(=O)[C@@]3(C)C([C@H](Oc4ccccc4)[C@@]4(OC(=O)O[C@@H]14)C2(C)C)[C@]1(OC(C)=O)COC1C[C@@H]3O. The summed E-state index contributed by atoms with van der Waals surface area (Å²) >= 11 is 0. The van der Waals surface area contributed by atoms with Gasteiger partial charge in [0.05, 0.1) is 36.0 Å². The van der Waals surface area contributed by atoms with Crippen molar-refractivity contribution in [3.8, 4) is 5.75 Å². The lowest BCUT2D eigenvalue weighted by atomic mass is 9.44. The molecule has 1 aromatic rings. The van der Waals surface area contributed by atoms with E-state index in [0.29, 0.717) is 24.8 Å². The molecule has 1 spiro atoms. The van der Waals surface area contributed by atoms with Crippen LogP contribution in [0.3, 0.4) is 0 Å². The van der Waals surface area contributed by atoms with Crippen molar-refractivity contribution in [2.45, 2.75) is 160 Å². The summed E-state index contributed by atoms with van der Waals surface area (Å²) in [7, 11) is 0. The van der Waals surface area contributed by atoms with Gasteiger partial charge in [0.15, 0.2) is 41.9 Å². The first-order valence-corrected chi connectivity index (χ1v) is 21.6. The van der Waals surface area contributed by atoms with Crippen LogP contribution in [0.4, 0.5) is 4.79 Å². The van der Waals surface area contributed by atoms with Crippen molar-refractivity contribution < 1.29 is 72.1 Å². The molecule has 1 amide bonds. The van der Waals surface area contributed by atoms with Crippen LogP contribution in [0, 0.1) is 22.7 Å². The minimum absolute atomic E-state index is 0.102. The average molecular weight is 866 g/mol. The van der Waals surface area contributed by atoms with Gasteiger partial charge >= 0.3 is 24.1 Å². The van der Waals surface area contributed by atoms with Gasteiger partial charge < -0.3 is 48.7 Å². The Hall–Kier alpha value is -4.80. The number of nitrogens with one attached hydrogen (secondary N) is 1. The number of unbranched alkanes of at least 4 members (excludes halogenated alkanes) is 2. The van der Waals surface area contributed by atoms with Gasteiger partial charge in [-0.15, -0.1) is 0 Å². The summed E-state index contributed by atoms with van der Waals surface area (Å²) in [5, 5.41) is 26.7. The molecule has 4 aliphatic carbocycles. The van der Waals surface area contributed by atoms with E-state index in [-0.39, 0.29) is 42.3 Å². The van der Waals surface area contributed by atoms with Crippen LogP contribution in [-0.2, 0) is 52.4 Å². The van der Waals surface area contributed by atoms with Crippen molar-refractivity contribution >= 4 is 35.8 Å². The van der Waals surface area contributed by atoms with Gasteiger partial charge in [0.1, 0.15) is 11.9 Å². The standard InChI is InChI=1S/C46H59NO15/c1-9-10-12-17-31(50)47-28(20-23(2)3)33(51)41(54)58-34-24(4)32-35(59-40(53)26-18-19-26)37(52)44(8)29(49)21-30-45(22-56-30,61-25(5)48)36(44)39(57-27-15-13-11-14-16-27)46(43(32,6)7)38(34)60-42(55)62-46/h11,13-16,20,26,28-30,33-36,38-39,49,51H,9-10,12,17-19,21-22H2,1-8H3,(H,47,50)/t28-,29-,30?,33+,34+,35+,36?,38-,39-,44+,45-,46+/m0/s1. The van der Waals surface area contributed by atoms with E-state index in [4.69, 9.17) is 33.2 Å². The number of rotatable bonds is 14.